The largest absolute Gasteiger partial charge is 0.320 e. The number of aliphatic imine (C=N–C) groups is 1. The van der Waals surface area contributed by atoms with Gasteiger partial charge in [-0.05, 0) is 43.3 Å². The summed E-state index contributed by atoms with van der Waals surface area (Å²) in [5.74, 6) is -1.83. The summed E-state index contributed by atoms with van der Waals surface area (Å²) in [4.78, 5) is 12.2. The highest BCUT2D eigenvalue weighted by Gasteiger charge is 2.43. The van der Waals surface area contributed by atoms with Gasteiger partial charge in [0.2, 0.25) is 0 Å². The van der Waals surface area contributed by atoms with E-state index in [0.717, 1.165) is 5.56 Å². The molecule has 9 nitrogen and oxygen atoms in total. The zero-order chi connectivity index (χ0) is 21.2. The fourth-order valence-electron chi connectivity index (χ4n) is 2.74. The van der Waals surface area contributed by atoms with Crippen LogP contribution in [0.2, 0.25) is 0 Å². The van der Waals surface area contributed by atoms with Crippen LogP contribution >= 0.6 is 0 Å². The summed E-state index contributed by atoms with van der Waals surface area (Å²) in [7, 11) is -4.23. The average Bonchev–Trinajstić information content (AvgIpc) is 3.19. The number of pyridine rings is 2. The summed E-state index contributed by atoms with van der Waals surface area (Å²) in [5, 5.41) is 17.2. The number of hydrogen-bond acceptors (Lipinski definition) is 9. The van der Waals surface area contributed by atoms with Gasteiger partial charge in [0.1, 0.15) is 11.8 Å². The monoisotopic (exact) mass is 418 g/mol. The molecule has 0 radical (unpaired) electrons. The van der Waals surface area contributed by atoms with Gasteiger partial charge < -0.3 is 0 Å². The van der Waals surface area contributed by atoms with E-state index in [2.05, 4.69) is 25.2 Å². The molecule has 1 aliphatic rings. The van der Waals surface area contributed by atoms with Crippen molar-refractivity contribution in [1.29, 1.82) is 5.26 Å². The standard InChI is InChI=1S/C20H14N6O3S/c1-14-2-4-18(5-3-14)30(27,28)29-20(16-7-9-22-10-8-16)24-19(25-26-20)15-6-11-23-17(12-15)13-21/h2-12H,1H3. The summed E-state index contributed by atoms with van der Waals surface area (Å²) in [6, 6.07) is 14.3. The average molecular weight is 418 g/mol. The van der Waals surface area contributed by atoms with Crippen molar-refractivity contribution in [3.63, 3.8) is 0 Å². The zero-order valence-electron chi connectivity index (χ0n) is 15.7. The quantitative estimate of drug-likeness (QED) is 0.585. The lowest BCUT2D eigenvalue weighted by Gasteiger charge is -2.21. The van der Waals surface area contributed by atoms with E-state index in [1.165, 1.54) is 36.8 Å². The van der Waals surface area contributed by atoms with Crippen LogP contribution < -0.4 is 0 Å². The summed E-state index contributed by atoms with van der Waals surface area (Å²) in [6.45, 7) is 1.85. The Labute approximate surface area is 172 Å². The maximum Gasteiger partial charge on any atom is 0.320 e. The van der Waals surface area contributed by atoms with Crippen LogP contribution in [-0.2, 0) is 20.2 Å². The number of azo groups is 1. The molecule has 0 saturated carbocycles. The third kappa shape index (κ3) is 3.71. The third-order valence-electron chi connectivity index (χ3n) is 4.26. The molecule has 1 atom stereocenters. The molecule has 0 spiro atoms. The van der Waals surface area contributed by atoms with Crippen LogP contribution in [0.1, 0.15) is 22.4 Å². The number of amidine groups is 1. The van der Waals surface area contributed by atoms with Crippen molar-refractivity contribution < 1.29 is 12.6 Å². The van der Waals surface area contributed by atoms with Gasteiger partial charge >= 0.3 is 16.0 Å². The van der Waals surface area contributed by atoms with Gasteiger partial charge in [-0.25, -0.2) is 14.2 Å². The van der Waals surface area contributed by atoms with E-state index in [4.69, 9.17) is 9.44 Å². The Bertz CT molecular complexity index is 1300. The van der Waals surface area contributed by atoms with E-state index in [-0.39, 0.29) is 16.4 Å². The maximum atomic E-state index is 13.0. The Hall–Kier alpha value is -3.81. The molecule has 10 heteroatoms. The molecule has 148 valence electrons. The van der Waals surface area contributed by atoms with Crippen molar-refractivity contribution in [3.8, 4) is 6.07 Å². The van der Waals surface area contributed by atoms with E-state index >= 15 is 0 Å². The summed E-state index contributed by atoms with van der Waals surface area (Å²) >= 11 is 0. The van der Waals surface area contributed by atoms with E-state index in [1.54, 1.807) is 30.3 Å². The van der Waals surface area contributed by atoms with Crippen molar-refractivity contribution in [2.24, 2.45) is 15.2 Å². The first-order chi connectivity index (χ1) is 14.4. The summed E-state index contributed by atoms with van der Waals surface area (Å²) < 4.78 is 31.4. The minimum Gasteiger partial charge on any atom is -0.265 e. The highest BCUT2D eigenvalue weighted by atomic mass is 32.2. The number of nitrogens with zero attached hydrogens (tertiary/aromatic N) is 6. The molecule has 30 heavy (non-hydrogen) atoms. The highest BCUT2D eigenvalue weighted by molar-refractivity contribution is 7.86. The fourth-order valence-corrected chi connectivity index (χ4v) is 3.78. The Morgan fingerprint density at radius 3 is 2.47 bits per heavy atom. The predicted molar refractivity (Wildman–Crippen MR) is 106 cm³/mol. The van der Waals surface area contributed by atoms with Gasteiger partial charge in [-0.3, -0.25) is 4.98 Å². The summed E-state index contributed by atoms with van der Waals surface area (Å²) in [5.41, 5.74) is 1.86. The molecule has 0 aliphatic carbocycles. The Balaban J connectivity index is 1.80. The predicted octanol–water partition coefficient (Wildman–Crippen LogP) is 3.09. The van der Waals surface area contributed by atoms with Crippen LogP contribution in [0.15, 0.2) is 87.2 Å². The van der Waals surface area contributed by atoms with Crippen molar-refractivity contribution >= 4 is 16.0 Å². The van der Waals surface area contributed by atoms with Crippen LogP contribution in [0, 0.1) is 18.3 Å². The molecule has 3 heterocycles. The highest BCUT2D eigenvalue weighted by Crippen LogP contribution is 2.37. The molecular weight excluding hydrogens is 404 g/mol. The lowest BCUT2D eigenvalue weighted by molar-refractivity contribution is 0.0938. The molecule has 0 bridgehead atoms. The molecule has 0 amide bonds. The normalized spacial score (nSPS) is 18.1. The van der Waals surface area contributed by atoms with E-state index in [9.17, 15) is 8.42 Å². The minimum absolute atomic E-state index is 0.0314. The van der Waals surface area contributed by atoms with Gasteiger partial charge in [-0.2, -0.15) is 13.7 Å². The van der Waals surface area contributed by atoms with Crippen LogP contribution in [-0.4, -0.2) is 24.2 Å². The first-order valence-corrected chi connectivity index (χ1v) is 10.1. The molecule has 3 aromatic rings. The van der Waals surface area contributed by atoms with E-state index < -0.39 is 16.0 Å². The van der Waals surface area contributed by atoms with Crippen LogP contribution in [0.4, 0.5) is 0 Å². The molecule has 0 fully saturated rings. The van der Waals surface area contributed by atoms with E-state index in [1.807, 2.05) is 13.0 Å². The van der Waals surface area contributed by atoms with Crippen molar-refractivity contribution in [2.75, 3.05) is 0 Å². The smallest absolute Gasteiger partial charge is 0.265 e. The van der Waals surface area contributed by atoms with Crippen LogP contribution in [0.5, 0.6) is 0 Å². The second-order valence-corrected chi connectivity index (χ2v) is 7.92. The van der Waals surface area contributed by atoms with Crippen molar-refractivity contribution in [3.05, 3.63) is 89.5 Å². The Morgan fingerprint density at radius 2 is 1.77 bits per heavy atom. The molecule has 1 unspecified atom stereocenters. The summed E-state index contributed by atoms with van der Waals surface area (Å²) in [6.07, 6.45) is 4.38. The van der Waals surface area contributed by atoms with Gasteiger partial charge in [0.15, 0.2) is 5.84 Å². The minimum atomic E-state index is -4.23. The molecule has 0 N–H and O–H groups in total. The van der Waals surface area contributed by atoms with Crippen LogP contribution in [0.25, 0.3) is 0 Å². The fraction of sp³-hybridized carbons (Fsp3) is 0.100. The number of rotatable bonds is 5. The number of hydrogen-bond donors (Lipinski definition) is 0. The lowest BCUT2D eigenvalue weighted by Crippen LogP contribution is -2.27. The molecule has 1 aromatic carbocycles. The maximum absolute atomic E-state index is 13.0. The van der Waals surface area contributed by atoms with Crippen molar-refractivity contribution in [2.45, 2.75) is 17.7 Å². The molecule has 0 saturated heterocycles. The SMILES string of the molecule is Cc1ccc(S(=O)(=O)OC2(c3ccncc3)N=NC(c3ccnc(C#N)c3)=N2)cc1. The molecule has 4 rings (SSSR count). The van der Waals surface area contributed by atoms with Gasteiger partial charge in [0, 0.05) is 29.7 Å². The second kappa shape index (κ2) is 7.55. The van der Waals surface area contributed by atoms with Gasteiger partial charge in [0.05, 0.1) is 4.90 Å². The zero-order valence-corrected chi connectivity index (χ0v) is 16.5. The van der Waals surface area contributed by atoms with Crippen LogP contribution in [0.3, 0.4) is 0 Å². The van der Waals surface area contributed by atoms with Crippen molar-refractivity contribution in [1.82, 2.24) is 9.97 Å². The Morgan fingerprint density at radius 1 is 1.03 bits per heavy atom. The third-order valence-corrected chi connectivity index (χ3v) is 5.56. The number of aromatic nitrogens is 2. The van der Waals surface area contributed by atoms with Gasteiger partial charge in [-0.1, -0.05) is 17.7 Å². The molecule has 2 aromatic heterocycles. The Kier molecular flexibility index (Phi) is 4.91. The first kappa shape index (κ1) is 19.5. The first-order valence-electron chi connectivity index (χ1n) is 8.74. The van der Waals surface area contributed by atoms with Gasteiger partial charge in [-0.15, -0.1) is 10.2 Å². The molecular formula is C20H14N6O3S. The van der Waals surface area contributed by atoms with Gasteiger partial charge in [0.25, 0.3) is 0 Å². The number of nitriles is 1. The number of aryl methyl sites for hydroxylation is 1. The number of benzene rings is 1. The lowest BCUT2D eigenvalue weighted by atomic mass is 10.2. The topological polar surface area (TPSA) is 130 Å². The van der Waals surface area contributed by atoms with E-state index in [0.29, 0.717) is 11.1 Å². The molecule has 1 aliphatic heterocycles. The second-order valence-electron chi connectivity index (χ2n) is 6.37.